The van der Waals surface area contributed by atoms with Crippen LogP contribution in [0.2, 0.25) is 0 Å². The smallest absolute Gasteiger partial charge is 0.290 e. The molecule has 1 aromatic heterocycles. The molecule has 0 spiro atoms. The normalized spacial score (nSPS) is 20.7. The fourth-order valence-electron chi connectivity index (χ4n) is 5.85. The molecule has 1 aliphatic heterocycles. The number of nitrogens with one attached hydrogen (secondary N) is 1. The third-order valence-electron chi connectivity index (χ3n) is 8.00. The SMILES string of the molecule is COc1cc(CO)cc2c1OC1C2C(C(=O)NCCO)=CC(N(CCC(C)C)C(=O)c2cc3cccc(OC)c3o2)C1O. The van der Waals surface area contributed by atoms with Crippen LogP contribution in [0.15, 0.2) is 52.5 Å². The van der Waals surface area contributed by atoms with Crippen LogP contribution in [0.1, 0.15) is 47.9 Å². The fraction of sp³-hybridized carbons (Fsp3) is 0.438. The van der Waals surface area contributed by atoms with Gasteiger partial charge in [-0.15, -0.1) is 0 Å². The zero-order valence-corrected chi connectivity index (χ0v) is 24.7. The van der Waals surface area contributed by atoms with E-state index in [1.54, 1.807) is 36.4 Å². The van der Waals surface area contributed by atoms with Crippen LogP contribution >= 0.6 is 0 Å². The lowest BCUT2D eigenvalue weighted by Gasteiger charge is -2.40. The van der Waals surface area contributed by atoms with Gasteiger partial charge in [-0.2, -0.15) is 0 Å². The molecule has 2 aromatic carbocycles. The number of aliphatic hydroxyl groups excluding tert-OH is 3. The number of aliphatic hydroxyl groups is 3. The summed E-state index contributed by atoms with van der Waals surface area (Å²) in [6.45, 7) is 3.84. The summed E-state index contributed by atoms with van der Waals surface area (Å²) in [5.41, 5.74) is 1.85. The van der Waals surface area contributed by atoms with E-state index in [0.29, 0.717) is 45.8 Å². The first-order valence-corrected chi connectivity index (χ1v) is 14.4. The van der Waals surface area contributed by atoms with Crippen LogP contribution in [-0.2, 0) is 11.4 Å². The number of hydrogen-bond donors (Lipinski definition) is 4. The van der Waals surface area contributed by atoms with Gasteiger partial charge in [0.05, 0.1) is 39.4 Å². The van der Waals surface area contributed by atoms with Crippen molar-refractivity contribution in [1.82, 2.24) is 10.2 Å². The molecule has 2 amide bonds. The summed E-state index contributed by atoms with van der Waals surface area (Å²) < 4.78 is 23.2. The van der Waals surface area contributed by atoms with Crippen LogP contribution in [0.4, 0.5) is 0 Å². The Hall–Kier alpha value is -4.06. The minimum atomic E-state index is -1.23. The number of furan rings is 1. The van der Waals surface area contributed by atoms with Gasteiger partial charge >= 0.3 is 0 Å². The van der Waals surface area contributed by atoms with Crippen LogP contribution < -0.4 is 19.5 Å². The predicted octanol–water partition coefficient (Wildman–Crippen LogP) is 2.75. The van der Waals surface area contributed by atoms with E-state index in [9.17, 15) is 24.9 Å². The number of carbonyl (C=O) groups is 2. The fourth-order valence-corrected chi connectivity index (χ4v) is 5.85. The van der Waals surface area contributed by atoms with Gasteiger partial charge in [0.2, 0.25) is 5.91 Å². The molecule has 4 unspecified atom stereocenters. The number of amides is 2. The van der Waals surface area contributed by atoms with Gasteiger partial charge in [0.15, 0.2) is 28.6 Å². The molecule has 230 valence electrons. The highest BCUT2D eigenvalue weighted by Gasteiger charge is 2.51. The summed E-state index contributed by atoms with van der Waals surface area (Å²) in [6.07, 6.45) is 0.0644. The summed E-state index contributed by atoms with van der Waals surface area (Å²) in [5, 5.41) is 34.5. The van der Waals surface area contributed by atoms with E-state index in [1.807, 2.05) is 19.9 Å². The molecule has 0 fully saturated rings. The summed E-state index contributed by atoms with van der Waals surface area (Å²) in [4.78, 5) is 29.2. The lowest BCUT2D eigenvalue weighted by Crippen LogP contribution is -2.56. The van der Waals surface area contributed by atoms with Crippen molar-refractivity contribution in [2.75, 3.05) is 33.9 Å². The van der Waals surface area contributed by atoms with Crippen molar-refractivity contribution < 1.29 is 43.5 Å². The first-order valence-electron chi connectivity index (χ1n) is 14.4. The summed E-state index contributed by atoms with van der Waals surface area (Å²) in [7, 11) is 3.00. The van der Waals surface area contributed by atoms with Crippen molar-refractivity contribution in [3.63, 3.8) is 0 Å². The van der Waals surface area contributed by atoms with E-state index in [2.05, 4.69) is 5.32 Å². The Kier molecular flexibility index (Phi) is 8.95. The van der Waals surface area contributed by atoms with Gasteiger partial charge in [0.1, 0.15) is 12.2 Å². The molecule has 4 atom stereocenters. The van der Waals surface area contributed by atoms with Gasteiger partial charge in [-0.3, -0.25) is 9.59 Å². The van der Waals surface area contributed by atoms with Crippen LogP contribution in [0.5, 0.6) is 17.2 Å². The quantitative estimate of drug-likeness (QED) is 0.263. The van der Waals surface area contributed by atoms with Crippen molar-refractivity contribution in [2.24, 2.45) is 5.92 Å². The number of fused-ring (bicyclic) bond motifs is 4. The number of rotatable bonds is 11. The molecule has 0 bridgehead atoms. The van der Waals surface area contributed by atoms with Gasteiger partial charge in [0, 0.05) is 29.6 Å². The molecular weight excluding hydrogens is 556 g/mol. The van der Waals surface area contributed by atoms with Crippen molar-refractivity contribution in [3.05, 3.63) is 64.9 Å². The van der Waals surface area contributed by atoms with Crippen molar-refractivity contribution in [1.29, 1.82) is 0 Å². The number of ether oxygens (including phenoxy) is 3. The van der Waals surface area contributed by atoms with E-state index in [-0.39, 0.29) is 43.6 Å². The van der Waals surface area contributed by atoms with Gasteiger partial charge in [-0.1, -0.05) is 26.0 Å². The topological polar surface area (TPSA) is 151 Å². The second-order valence-electron chi connectivity index (χ2n) is 11.2. The Morgan fingerprint density at radius 2 is 1.86 bits per heavy atom. The molecule has 0 saturated carbocycles. The Labute approximate surface area is 249 Å². The molecule has 11 nitrogen and oxygen atoms in total. The number of hydrogen-bond acceptors (Lipinski definition) is 9. The Balaban J connectivity index is 1.61. The molecule has 0 radical (unpaired) electrons. The monoisotopic (exact) mass is 594 g/mol. The summed E-state index contributed by atoms with van der Waals surface area (Å²) in [6, 6.07) is 9.43. The van der Waals surface area contributed by atoms with Crippen molar-refractivity contribution in [3.8, 4) is 17.2 Å². The number of carbonyl (C=O) groups excluding carboxylic acids is 2. The average Bonchev–Trinajstić information content (AvgIpc) is 3.62. The highest BCUT2D eigenvalue weighted by atomic mass is 16.5. The molecule has 11 heteroatoms. The Morgan fingerprint density at radius 1 is 1.09 bits per heavy atom. The maximum absolute atomic E-state index is 14.1. The number of benzene rings is 2. The zero-order valence-electron chi connectivity index (χ0n) is 24.7. The lowest BCUT2D eigenvalue weighted by molar-refractivity contribution is -0.118. The Bertz CT molecular complexity index is 1530. The van der Waals surface area contributed by atoms with E-state index in [1.165, 1.54) is 19.1 Å². The molecule has 2 aliphatic rings. The Morgan fingerprint density at radius 3 is 2.53 bits per heavy atom. The van der Waals surface area contributed by atoms with Gasteiger partial charge < -0.3 is 44.2 Å². The maximum atomic E-state index is 14.1. The highest BCUT2D eigenvalue weighted by molar-refractivity contribution is 5.99. The first kappa shape index (κ1) is 30.4. The lowest BCUT2D eigenvalue weighted by atomic mass is 9.77. The maximum Gasteiger partial charge on any atom is 0.290 e. The molecule has 3 aromatic rings. The second kappa shape index (κ2) is 12.7. The minimum absolute atomic E-state index is 0.0192. The van der Waals surface area contributed by atoms with Gasteiger partial charge in [-0.05, 0) is 48.2 Å². The van der Waals surface area contributed by atoms with Crippen LogP contribution in [0.25, 0.3) is 11.0 Å². The number of para-hydroxylation sites is 1. The van der Waals surface area contributed by atoms with Crippen molar-refractivity contribution in [2.45, 2.75) is 51.0 Å². The second-order valence-corrected chi connectivity index (χ2v) is 11.2. The molecule has 2 heterocycles. The third kappa shape index (κ3) is 5.67. The molecule has 4 N–H and O–H groups in total. The van der Waals surface area contributed by atoms with Gasteiger partial charge in [0.25, 0.3) is 5.91 Å². The van der Waals surface area contributed by atoms with Crippen LogP contribution in [-0.4, -0.2) is 84.2 Å². The largest absolute Gasteiger partial charge is 0.493 e. The molecule has 0 saturated heterocycles. The van der Waals surface area contributed by atoms with Gasteiger partial charge in [-0.25, -0.2) is 0 Å². The average molecular weight is 595 g/mol. The molecule has 1 aliphatic carbocycles. The van der Waals surface area contributed by atoms with Crippen LogP contribution in [0, 0.1) is 5.92 Å². The predicted molar refractivity (Wildman–Crippen MR) is 157 cm³/mol. The van der Waals surface area contributed by atoms with Crippen LogP contribution in [0.3, 0.4) is 0 Å². The standard InChI is InChI=1S/C32H38N2O9/c1-17(2)8-10-34(32(39)25-14-19-6-5-7-23(40-3)28(19)42-25)22-15-21(31(38)33-9-11-35)26-20-12-18(16-36)13-24(41-4)29(20)43-30(26)27(22)37/h5-7,12-15,17,22,26-27,30,35-37H,8-11,16H2,1-4H3,(H,33,38). The van der Waals surface area contributed by atoms with E-state index in [0.717, 1.165) is 0 Å². The summed E-state index contributed by atoms with van der Waals surface area (Å²) >= 11 is 0. The van der Waals surface area contributed by atoms with E-state index >= 15 is 0 Å². The minimum Gasteiger partial charge on any atom is -0.493 e. The molecule has 5 rings (SSSR count). The van der Waals surface area contributed by atoms with E-state index < -0.39 is 36.0 Å². The van der Waals surface area contributed by atoms with Crippen molar-refractivity contribution >= 4 is 22.8 Å². The first-order chi connectivity index (χ1) is 20.7. The molecular formula is C32H38N2O9. The van der Waals surface area contributed by atoms with E-state index in [4.69, 9.17) is 18.6 Å². The highest BCUT2D eigenvalue weighted by Crippen LogP contribution is 2.51. The number of nitrogens with zero attached hydrogens (tertiary/aromatic N) is 1. The summed E-state index contributed by atoms with van der Waals surface area (Å²) in [5.74, 6) is -0.108. The number of methoxy groups -OCH3 is 2. The zero-order chi connectivity index (χ0) is 30.8. The third-order valence-corrected chi connectivity index (χ3v) is 8.00. The molecule has 43 heavy (non-hydrogen) atoms.